The zero-order valence-electron chi connectivity index (χ0n) is 10.4. The van der Waals surface area contributed by atoms with Gasteiger partial charge in [-0.3, -0.25) is 0 Å². The molecule has 0 aliphatic carbocycles. The van der Waals surface area contributed by atoms with Gasteiger partial charge in [0.25, 0.3) is 0 Å². The summed E-state index contributed by atoms with van der Waals surface area (Å²) in [6.07, 6.45) is 0. The second-order valence-electron chi connectivity index (χ2n) is 4.59. The number of halogens is 1. The number of hydrogen-bond acceptors (Lipinski definition) is 4. The number of rotatable bonds is 0. The van der Waals surface area contributed by atoms with Crippen molar-refractivity contribution in [1.82, 2.24) is 0 Å². The van der Waals surface area contributed by atoms with Gasteiger partial charge >= 0.3 is 0 Å². The van der Waals surface area contributed by atoms with Gasteiger partial charge in [0.2, 0.25) is 0 Å². The van der Waals surface area contributed by atoms with Crippen LogP contribution in [-0.4, -0.2) is 5.84 Å². The van der Waals surface area contributed by atoms with E-state index in [0.29, 0.717) is 11.5 Å². The maximum atomic E-state index is 13.3. The molecular formula is C15H10FN3S. The molecule has 0 atom stereocenters. The average Bonchev–Trinajstić information content (AvgIpc) is 2.73. The van der Waals surface area contributed by atoms with Gasteiger partial charge in [-0.2, -0.15) is 0 Å². The Morgan fingerprint density at radius 1 is 1.15 bits per heavy atom. The summed E-state index contributed by atoms with van der Waals surface area (Å²) in [6, 6.07) is 12.5. The van der Waals surface area contributed by atoms with Crippen LogP contribution < -0.4 is 11.1 Å². The van der Waals surface area contributed by atoms with Gasteiger partial charge in [0.1, 0.15) is 16.7 Å². The number of benzene rings is 2. The van der Waals surface area contributed by atoms with Crippen LogP contribution in [0.3, 0.4) is 0 Å². The molecule has 0 saturated carbocycles. The number of nitrogens with one attached hydrogen (secondary N) is 1. The van der Waals surface area contributed by atoms with Crippen molar-refractivity contribution in [2.45, 2.75) is 0 Å². The summed E-state index contributed by atoms with van der Waals surface area (Å²) in [5, 5.41) is 5.31. The Morgan fingerprint density at radius 2 is 2.00 bits per heavy atom. The van der Waals surface area contributed by atoms with Crippen LogP contribution >= 0.6 is 11.3 Å². The van der Waals surface area contributed by atoms with Crippen LogP contribution in [0.5, 0.6) is 0 Å². The zero-order valence-corrected chi connectivity index (χ0v) is 11.2. The molecule has 0 amide bonds. The van der Waals surface area contributed by atoms with Crippen LogP contribution in [0.1, 0.15) is 5.56 Å². The quantitative estimate of drug-likeness (QED) is 0.651. The molecule has 0 bridgehead atoms. The van der Waals surface area contributed by atoms with Crippen molar-refractivity contribution in [3.8, 4) is 0 Å². The van der Waals surface area contributed by atoms with Crippen LogP contribution in [0.2, 0.25) is 0 Å². The first-order valence-electron chi connectivity index (χ1n) is 6.15. The van der Waals surface area contributed by atoms with E-state index in [9.17, 15) is 4.39 Å². The number of nitrogens with two attached hydrogens (primary N) is 1. The fraction of sp³-hybridized carbons (Fsp3) is 0. The van der Waals surface area contributed by atoms with Crippen molar-refractivity contribution < 1.29 is 4.39 Å². The van der Waals surface area contributed by atoms with E-state index in [4.69, 9.17) is 5.73 Å². The van der Waals surface area contributed by atoms with E-state index in [0.717, 1.165) is 26.3 Å². The SMILES string of the molecule is NC1=Nc2cc(F)ccc2Nc2sc3ccccc3c21. The first-order chi connectivity index (χ1) is 9.72. The molecule has 1 aliphatic rings. The van der Waals surface area contributed by atoms with Gasteiger partial charge in [-0.25, -0.2) is 9.38 Å². The van der Waals surface area contributed by atoms with Gasteiger partial charge in [0.05, 0.1) is 16.9 Å². The van der Waals surface area contributed by atoms with Crippen LogP contribution in [0.15, 0.2) is 47.5 Å². The number of fused-ring (bicyclic) bond motifs is 4. The summed E-state index contributed by atoms with van der Waals surface area (Å²) in [4.78, 5) is 4.36. The Labute approximate surface area is 118 Å². The maximum absolute atomic E-state index is 13.3. The Hall–Kier alpha value is -2.40. The number of aliphatic imine (C=N–C) groups is 1. The van der Waals surface area contributed by atoms with Crippen LogP contribution in [0, 0.1) is 5.82 Å². The number of amidine groups is 1. The monoisotopic (exact) mass is 283 g/mol. The van der Waals surface area contributed by atoms with Gasteiger partial charge in [-0.05, 0) is 18.2 Å². The number of anilines is 2. The largest absolute Gasteiger partial charge is 0.383 e. The molecule has 1 aliphatic heterocycles. The molecule has 4 rings (SSSR count). The molecule has 2 heterocycles. The first kappa shape index (κ1) is 11.4. The van der Waals surface area contributed by atoms with Gasteiger partial charge < -0.3 is 11.1 Å². The minimum atomic E-state index is -0.322. The molecule has 0 unspecified atom stereocenters. The van der Waals surface area contributed by atoms with Crippen molar-refractivity contribution in [2.75, 3.05) is 5.32 Å². The highest BCUT2D eigenvalue weighted by molar-refractivity contribution is 7.23. The molecule has 98 valence electrons. The topological polar surface area (TPSA) is 50.4 Å². The molecule has 1 aromatic heterocycles. The second kappa shape index (κ2) is 4.05. The van der Waals surface area contributed by atoms with Crippen LogP contribution in [0.25, 0.3) is 10.1 Å². The van der Waals surface area contributed by atoms with Crippen LogP contribution in [-0.2, 0) is 0 Å². The molecule has 0 saturated heterocycles. The number of hydrogen-bond donors (Lipinski definition) is 2. The van der Waals surface area contributed by atoms with Gasteiger partial charge in [-0.1, -0.05) is 18.2 Å². The smallest absolute Gasteiger partial charge is 0.135 e. The lowest BCUT2D eigenvalue weighted by molar-refractivity contribution is 0.628. The van der Waals surface area contributed by atoms with E-state index < -0.39 is 0 Å². The molecule has 0 fully saturated rings. The Kier molecular flexibility index (Phi) is 2.31. The summed E-state index contributed by atoms with van der Waals surface area (Å²) in [5.74, 6) is 0.0894. The lowest BCUT2D eigenvalue weighted by Gasteiger charge is -2.05. The van der Waals surface area contributed by atoms with Gasteiger partial charge in [0, 0.05) is 16.2 Å². The fourth-order valence-corrected chi connectivity index (χ4v) is 3.52. The first-order valence-corrected chi connectivity index (χ1v) is 6.96. The molecule has 0 spiro atoms. The summed E-state index contributed by atoms with van der Waals surface area (Å²) >= 11 is 1.62. The summed E-state index contributed by atoms with van der Waals surface area (Å²) in [5.41, 5.74) is 8.29. The molecule has 0 radical (unpaired) electrons. The summed E-state index contributed by atoms with van der Waals surface area (Å²) in [7, 11) is 0. The second-order valence-corrected chi connectivity index (χ2v) is 5.64. The Balaban J connectivity index is 2.03. The van der Waals surface area contributed by atoms with Crippen LogP contribution in [0.4, 0.5) is 20.8 Å². The molecule has 3 N–H and O–H groups in total. The molecule has 20 heavy (non-hydrogen) atoms. The van der Waals surface area contributed by atoms with Gasteiger partial charge in [-0.15, -0.1) is 11.3 Å². The van der Waals surface area contributed by atoms with E-state index in [1.54, 1.807) is 17.4 Å². The number of nitrogens with zero attached hydrogens (tertiary/aromatic N) is 1. The predicted molar refractivity (Wildman–Crippen MR) is 81.9 cm³/mol. The highest BCUT2D eigenvalue weighted by Gasteiger charge is 2.20. The minimum absolute atomic E-state index is 0.322. The van der Waals surface area contributed by atoms with Gasteiger partial charge in [0.15, 0.2) is 0 Å². The average molecular weight is 283 g/mol. The fourth-order valence-electron chi connectivity index (χ4n) is 2.40. The van der Waals surface area contributed by atoms with Crippen molar-refractivity contribution in [3.63, 3.8) is 0 Å². The highest BCUT2D eigenvalue weighted by Crippen LogP contribution is 2.41. The van der Waals surface area contributed by atoms with E-state index in [-0.39, 0.29) is 5.82 Å². The summed E-state index contributed by atoms with van der Waals surface area (Å²) < 4.78 is 14.5. The molecule has 5 heteroatoms. The Morgan fingerprint density at radius 3 is 2.90 bits per heavy atom. The maximum Gasteiger partial charge on any atom is 0.135 e. The standard InChI is InChI=1S/C15H10FN3S/c16-8-5-6-10-11(7-8)18-14(17)13-9-3-1-2-4-12(9)20-15(13)19-10/h1-7,19H,(H2,17,18). The number of thiophene rings is 1. The lowest BCUT2D eigenvalue weighted by Crippen LogP contribution is -2.12. The molecular weight excluding hydrogens is 273 g/mol. The van der Waals surface area contributed by atoms with E-state index in [2.05, 4.69) is 16.4 Å². The molecule has 3 aromatic rings. The third kappa shape index (κ3) is 1.60. The minimum Gasteiger partial charge on any atom is -0.383 e. The van der Waals surface area contributed by atoms with E-state index in [1.165, 1.54) is 12.1 Å². The summed E-state index contributed by atoms with van der Waals surface area (Å²) in [6.45, 7) is 0. The van der Waals surface area contributed by atoms with Crippen molar-refractivity contribution in [1.29, 1.82) is 0 Å². The Bertz CT molecular complexity index is 867. The normalized spacial score (nSPS) is 13.2. The molecule has 3 nitrogen and oxygen atoms in total. The molecule has 2 aromatic carbocycles. The van der Waals surface area contributed by atoms with Crippen molar-refractivity contribution in [2.24, 2.45) is 10.7 Å². The lowest BCUT2D eigenvalue weighted by atomic mass is 10.1. The van der Waals surface area contributed by atoms with Crippen molar-refractivity contribution >= 4 is 43.6 Å². The zero-order chi connectivity index (χ0) is 13.7. The highest BCUT2D eigenvalue weighted by atomic mass is 32.1. The third-order valence-corrected chi connectivity index (χ3v) is 4.39. The predicted octanol–water partition coefficient (Wildman–Crippen LogP) is 4.13. The van der Waals surface area contributed by atoms with Crippen molar-refractivity contribution in [3.05, 3.63) is 53.8 Å². The van der Waals surface area contributed by atoms with E-state index in [1.807, 2.05) is 18.2 Å². The third-order valence-electron chi connectivity index (χ3n) is 3.30. The van der Waals surface area contributed by atoms with E-state index >= 15 is 0 Å².